The molecule has 2 amide bonds. The van der Waals surface area contributed by atoms with Crippen molar-refractivity contribution in [1.82, 2.24) is 30.0 Å². The Labute approximate surface area is 197 Å². The van der Waals surface area contributed by atoms with E-state index >= 15 is 0 Å². The quantitative estimate of drug-likeness (QED) is 0.390. The van der Waals surface area contributed by atoms with E-state index in [1.807, 2.05) is 19.3 Å². The number of anilines is 1. The van der Waals surface area contributed by atoms with Gasteiger partial charge in [-0.2, -0.15) is 5.10 Å². The molecule has 0 aliphatic heterocycles. The van der Waals surface area contributed by atoms with Crippen molar-refractivity contribution in [1.29, 1.82) is 0 Å². The summed E-state index contributed by atoms with van der Waals surface area (Å²) in [7, 11) is 1.86. The van der Waals surface area contributed by atoms with Crippen molar-refractivity contribution in [2.24, 2.45) is 13.0 Å². The minimum Gasteiger partial charge on any atom is -0.352 e. The Hall–Kier alpha value is -4.01. The summed E-state index contributed by atoms with van der Waals surface area (Å²) in [6, 6.07) is 5.40. The van der Waals surface area contributed by atoms with Crippen LogP contribution in [0.3, 0.4) is 0 Å². The molecule has 0 atom stereocenters. The topological polar surface area (TPSA) is 118 Å². The SMILES string of the molecule is Cc1ncc(C(=O)NCCC2CCC2)cc1NC(=O)c1cnc2[nH]c(-c3cnn(C)c3)cc2c1. The highest BCUT2D eigenvalue weighted by molar-refractivity contribution is 6.06. The van der Waals surface area contributed by atoms with Crippen LogP contribution >= 0.6 is 0 Å². The van der Waals surface area contributed by atoms with Crippen molar-refractivity contribution in [3.05, 3.63) is 59.8 Å². The lowest BCUT2D eigenvalue weighted by Crippen LogP contribution is -2.27. The number of H-pyrrole nitrogens is 1. The number of hydrogen-bond donors (Lipinski definition) is 3. The van der Waals surface area contributed by atoms with E-state index in [0.29, 0.717) is 34.7 Å². The highest BCUT2D eigenvalue weighted by Gasteiger charge is 2.18. The van der Waals surface area contributed by atoms with Crippen molar-refractivity contribution in [2.75, 3.05) is 11.9 Å². The van der Waals surface area contributed by atoms with Crippen LogP contribution in [0, 0.1) is 12.8 Å². The molecule has 4 aromatic heterocycles. The van der Waals surface area contributed by atoms with Gasteiger partial charge in [0, 0.05) is 43.1 Å². The number of carbonyl (C=O) groups excluding carboxylic acids is 2. The normalized spacial score (nSPS) is 13.6. The van der Waals surface area contributed by atoms with Crippen molar-refractivity contribution in [2.45, 2.75) is 32.6 Å². The minimum absolute atomic E-state index is 0.180. The van der Waals surface area contributed by atoms with Gasteiger partial charge in [-0.25, -0.2) is 4.98 Å². The first-order valence-electron chi connectivity index (χ1n) is 11.5. The first kappa shape index (κ1) is 21.8. The van der Waals surface area contributed by atoms with Gasteiger partial charge in [0.15, 0.2) is 0 Å². The standard InChI is InChI=1S/C25H27N7O2/c1-15-21(10-19(11-27-15)24(33)26-7-6-16-4-3-5-16)31-25(34)18-8-17-9-22(30-23(17)28-12-18)20-13-29-32(2)14-20/h8-14,16H,3-7H2,1-2H3,(H,26,33)(H,28,30)(H,31,34). The molecule has 1 fully saturated rings. The van der Waals surface area contributed by atoms with E-state index < -0.39 is 0 Å². The molecule has 4 heterocycles. The summed E-state index contributed by atoms with van der Waals surface area (Å²) in [5, 5.41) is 10.8. The Bertz CT molecular complexity index is 1370. The van der Waals surface area contributed by atoms with Crippen LogP contribution in [0.5, 0.6) is 0 Å². The molecule has 0 saturated heterocycles. The Morgan fingerprint density at radius 3 is 2.62 bits per heavy atom. The van der Waals surface area contributed by atoms with Crippen LogP contribution in [0.25, 0.3) is 22.3 Å². The number of amides is 2. The van der Waals surface area contributed by atoms with Crippen LogP contribution < -0.4 is 10.6 Å². The Balaban J connectivity index is 1.29. The fourth-order valence-corrected chi connectivity index (χ4v) is 4.11. The number of fused-ring (bicyclic) bond motifs is 1. The number of pyridine rings is 2. The smallest absolute Gasteiger partial charge is 0.257 e. The molecule has 0 bridgehead atoms. The molecule has 9 heteroatoms. The fourth-order valence-electron chi connectivity index (χ4n) is 4.11. The summed E-state index contributed by atoms with van der Waals surface area (Å²) in [6.07, 6.45) is 11.6. The molecule has 1 aliphatic rings. The van der Waals surface area contributed by atoms with Gasteiger partial charge in [-0.05, 0) is 37.5 Å². The summed E-state index contributed by atoms with van der Waals surface area (Å²) in [4.78, 5) is 37.4. The van der Waals surface area contributed by atoms with Gasteiger partial charge in [-0.3, -0.25) is 19.3 Å². The van der Waals surface area contributed by atoms with E-state index in [2.05, 4.69) is 30.7 Å². The third-order valence-corrected chi connectivity index (χ3v) is 6.41. The molecular formula is C25H27N7O2. The van der Waals surface area contributed by atoms with E-state index in [4.69, 9.17) is 0 Å². The number of aryl methyl sites for hydroxylation is 2. The van der Waals surface area contributed by atoms with Gasteiger partial charge < -0.3 is 15.6 Å². The van der Waals surface area contributed by atoms with Crippen molar-refractivity contribution in [3.63, 3.8) is 0 Å². The Morgan fingerprint density at radius 1 is 1.09 bits per heavy atom. The predicted molar refractivity (Wildman–Crippen MR) is 130 cm³/mol. The third-order valence-electron chi connectivity index (χ3n) is 6.41. The number of nitrogens with zero attached hydrogens (tertiary/aromatic N) is 4. The molecule has 4 aromatic rings. The number of nitrogens with one attached hydrogen (secondary N) is 3. The number of aromatic nitrogens is 5. The second-order valence-corrected chi connectivity index (χ2v) is 8.90. The van der Waals surface area contributed by atoms with Crippen molar-refractivity contribution in [3.8, 4) is 11.3 Å². The van der Waals surface area contributed by atoms with Gasteiger partial charge in [-0.1, -0.05) is 19.3 Å². The molecule has 0 unspecified atom stereocenters. The molecule has 5 rings (SSSR count). The van der Waals surface area contributed by atoms with Crippen LogP contribution in [0.1, 0.15) is 52.1 Å². The van der Waals surface area contributed by atoms with E-state index in [1.54, 1.807) is 29.9 Å². The fraction of sp³-hybridized carbons (Fsp3) is 0.320. The van der Waals surface area contributed by atoms with Crippen LogP contribution in [0.2, 0.25) is 0 Å². The molecular weight excluding hydrogens is 430 g/mol. The summed E-state index contributed by atoms with van der Waals surface area (Å²) < 4.78 is 1.73. The van der Waals surface area contributed by atoms with Gasteiger partial charge in [0.05, 0.1) is 34.4 Å². The van der Waals surface area contributed by atoms with Gasteiger partial charge in [0.2, 0.25) is 0 Å². The summed E-state index contributed by atoms with van der Waals surface area (Å²) in [5.74, 6) is 0.240. The zero-order valence-electron chi connectivity index (χ0n) is 19.3. The van der Waals surface area contributed by atoms with Gasteiger partial charge in [0.1, 0.15) is 5.65 Å². The van der Waals surface area contributed by atoms with Crippen LogP contribution in [-0.4, -0.2) is 43.1 Å². The molecule has 0 aromatic carbocycles. The number of hydrogen-bond acceptors (Lipinski definition) is 5. The van der Waals surface area contributed by atoms with Crippen LogP contribution in [-0.2, 0) is 7.05 Å². The van der Waals surface area contributed by atoms with Gasteiger partial charge >= 0.3 is 0 Å². The summed E-state index contributed by atoms with van der Waals surface area (Å²) in [5.41, 5.74) is 4.48. The third kappa shape index (κ3) is 4.54. The lowest BCUT2D eigenvalue weighted by molar-refractivity contribution is 0.0947. The molecule has 1 saturated carbocycles. The number of carbonyl (C=O) groups is 2. The minimum atomic E-state index is -0.314. The lowest BCUT2D eigenvalue weighted by atomic mass is 9.83. The largest absolute Gasteiger partial charge is 0.352 e. The maximum absolute atomic E-state index is 13.0. The molecule has 174 valence electrons. The van der Waals surface area contributed by atoms with Crippen molar-refractivity contribution < 1.29 is 9.59 Å². The van der Waals surface area contributed by atoms with Crippen LogP contribution in [0.15, 0.2) is 43.0 Å². The monoisotopic (exact) mass is 457 g/mol. The first-order valence-corrected chi connectivity index (χ1v) is 11.5. The highest BCUT2D eigenvalue weighted by atomic mass is 16.2. The molecule has 9 nitrogen and oxygen atoms in total. The molecule has 0 radical (unpaired) electrons. The summed E-state index contributed by atoms with van der Waals surface area (Å²) in [6.45, 7) is 2.45. The number of rotatable bonds is 7. The van der Waals surface area contributed by atoms with Crippen molar-refractivity contribution >= 4 is 28.5 Å². The summed E-state index contributed by atoms with van der Waals surface area (Å²) >= 11 is 0. The highest BCUT2D eigenvalue weighted by Crippen LogP contribution is 2.28. The number of aromatic amines is 1. The lowest BCUT2D eigenvalue weighted by Gasteiger charge is -2.25. The average Bonchev–Trinajstić information content (AvgIpc) is 3.42. The van der Waals surface area contributed by atoms with Gasteiger partial charge in [0.25, 0.3) is 11.8 Å². The second-order valence-electron chi connectivity index (χ2n) is 8.90. The Morgan fingerprint density at radius 2 is 1.88 bits per heavy atom. The maximum Gasteiger partial charge on any atom is 0.257 e. The van der Waals surface area contributed by atoms with E-state index in [0.717, 1.165) is 29.0 Å². The second kappa shape index (κ2) is 9.09. The van der Waals surface area contributed by atoms with Crippen LogP contribution in [0.4, 0.5) is 5.69 Å². The zero-order valence-corrected chi connectivity index (χ0v) is 19.3. The van der Waals surface area contributed by atoms with E-state index in [1.165, 1.54) is 31.7 Å². The van der Waals surface area contributed by atoms with E-state index in [-0.39, 0.29) is 11.8 Å². The molecule has 3 N–H and O–H groups in total. The zero-order chi connectivity index (χ0) is 23.7. The first-order chi connectivity index (χ1) is 16.5. The van der Waals surface area contributed by atoms with Gasteiger partial charge in [-0.15, -0.1) is 0 Å². The molecule has 1 aliphatic carbocycles. The maximum atomic E-state index is 13.0. The molecule has 34 heavy (non-hydrogen) atoms. The molecule has 0 spiro atoms. The average molecular weight is 458 g/mol. The predicted octanol–water partition coefficient (Wildman–Crippen LogP) is 3.84. The van der Waals surface area contributed by atoms with E-state index in [9.17, 15) is 9.59 Å². The Kier molecular flexibility index (Phi) is 5.83.